The molecule has 0 bridgehead atoms. The fourth-order valence-corrected chi connectivity index (χ4v) is 3.35. The smallest absolute Gasteiger partial charge is 0.223 e. The fourth-order valence-electron chi connectivity index (χ4n) is 3.35. The normalized spacial score (nSPS) is 11.4. The Morgan fingerprint density at radius 3 is 2.69 bits per heavy atom. The van der Waals surface area contributed by atoms with Gasteiger partial charge in [-0.25, -0.2) is 4.98 Å². The highest BCUT2D eigenvalue weighted by atomic mass is 16.5. The van der Waals surface area contributed by atoms with Gasteiger partial charge in [-0.1, -0.05) is 32.4 Å². The number of imidazole rings is 1. The van der Waals surface area contributed by atoms with Crippen LogP contribution in [0.25, 0.3) is 11.0 Å². The van der Waals surface area contributed by atoms with Crippen LogP contribution in [0.15, 0.2) is 24.3 Å². The van der Waals surface area contributed by atoms with Crippen LogP contribution in [0, 0.1) is 5.92 Å². The van der Waals surface area contributed by atoms with Gasteiger partial charge in [0.15, 0.2) is 0 Å². The van der Waals surface area contributed by atoms with Gasteiger partial charge in [-0.15, -0.1) is 0 Å². The molecule has 5 heteroatoms. The minimum Gasteiger partial charge on any atom is -0.383 e. The summed E-state index contributed by atoms with van der Waals surface area (Å²) in [4.78, 5) is 16.8. The lowest BCUT2D eigenvalue weighted by Crippen LogP contribution is -2.30. The van der Waals surface area contributed by atoms with Crippen molar-refractivity contribution in [3.63, 3.8) is 0 Å². The van der Waals surface area contributed by atoms with E-state index < -0.39 is 0 Å². The zero-order chi connectivity index (χ0) is 18.8. The number of benzene rings is 1. The zero-order valence-electron chi connectivity index (χ0n) is 16.5. The van der Waals surface area contributed by atoms with Crippen molar-refractivity contribution in [2.45, 2.75) is 58.9 Å². The fraction of sp³-hybridized carbons (Fsp3) is 0.619. The molecule has 1 heterocycles. The van der Waals surface area contributed by atoms with Crippen LogP contribution < -0.4 is 5.32 Å². The maximum atomic E-state index is 12.0. The summed E-state index contributed by atoms with van der Waals surface area (Å²) in [5, 5.41) is 3.07. The highest BCUT2D eigenvalue weighted by molar-refractivity contribution is 5.78. The van der Waals surface area contributed by atoms with E-state index in [2.05, 4.69) is 41.9 Å². The van der Waals surface area contributed by atoms with E-state index in [-0.39, 0.29) is 11.8 Å². The van der Waals surface area contributed by atoms with Gasteiger partial charge in [-0.05, 0) is 37.8 Å². The van der Waals surface area contributed by atoms with Crippen LogP contribution in [0.4, 0.5) is 0 Å². The molecule has 0 aliphatic heterocycles. The number of carbonyl (C=O) groups is 1. The Kier molecular flexibility index (Phi) is 8.62. The number of hydrogen-bond acceptors (Lipinski definition) is 3. The topological polar surface area (TPSA) is 56.2 Å². The Labute approximate surface area is 157 Å². The molecule has 0 spiro atoms. The molecular formula is C21H33N3O2. The van der Waals surface area contributed by atoms with Gasteiger partial charge in [0.25, 0.3) is 0 Å². The molecule has 0 saturated carbocycles. The predicted molar refractivity (Wildman–Crippen MR) is 106 cm³/mol. The van der Waals surface area contributed by atoms with E-state index in [1.807, 2.05) is 6.07 Å². The molecule has 0 unspecified atom stereocenters. The minimum absolute atomic E-state index is 0.163. The Bertz CT molecular complexity index is 677. The molecule has 1 aromatic heterocycles. The van der Waals surface area contributed by atoms with Gasteiger partial charge in [0.1, 0.15) is 5.82 Å². The summed E-state index contributed by atoms with van der Waals surface area (Å²) in [6, 6.07) is 8.27. The summed E-state index contributed by atoms with van der Waals surface area (Å²) in [6.07, 6.45) is 5.98. The third kappa shape index (κ3) is 5.56. The standard InChI is InChI=1S/C21H33N3O2/c1-4-17(5-2)21(25)22-14-10-6-7-13-20-23-18-11-8-9-12-19(18)24(20)15-16-26-3/h8-9,11-12,17H,4-7,10,13-16H2,1-3H3,(H,22,25). The van der Waals surface area contributed by atoms with Crippen molar-refractivity contribution in [3.8, 4) is 0 Å². The number of carbonyl (C=O) groups excluding carboxylic acids is 1. The lowest BCUT2D eigenvalue weighted by Gasteiger charge is -2.12. The second kappa shape index (κ2) is 11.0. The summed E-state index contributed by atoms with van der Waals surface area (Å²) in [6.45, 7) is 6.44. The highest BCUT2D eigenvalue weighted by Crippen LogP contribution is 2.17. The van der Waals surface area contributed by atoms with Gasteiger partial charge in [0.05, 0.1) is 17.6 Å². The monoisotopic (exact) mass is 359 g/mol. The van der Waals surface area contributed by atoms with Crippen LogP contribution in [0.3, 0.4) is 0 Å². The molecule has 2 rings (SSSR count). The average molecular weight is 360 g/mol. The number of fused-ring (bicyclic) bond motifs is 1. The molecule has 0 aliphatic carbocycles. The summed E-state index contributed by atoms with van der Waals surface area (Å²) in [7, 11) is 1.73. The lowest BCUT2D eigenvalue weighted by atomic mass is 10.0. The van der Waals surface area contributed by atoms with Gasteiger partial charge >= 0.3 is 0 Å². The van der Waals surface area contributed by atoms with Gasteiger partial charge < -0.3 is 14.6 Å². The first-order valence-electron chi connectivity index (χ1n) is 9.92. The number of aryl methyl sites for hydroxylation is 1. The number of para-hydroxylation sites is 2. The second-order valence-corrected chi connectivity index (χ2v) is 6.78. The van der Waals surface area contributed by atoms with Crippen molar-refractivity contribution < 1.29 is 9.53 Å². The van der Waals surface area contributed by atoms with E-state index >= 15 is 0 Å². The van der Waals surface area contributed by atoms with Crippen LogP contribution in [-0.2, 0) is 22.5 Å². The van der Waals surface area contributed by atoms with Crippen LogP contribution >= 0.6 is 0 Å². The van der Waals surface area contributed by atoms with E-state index in [4.69, 9.17) is 9.72 Å². The third-order valence-corrected chi connectivity index (χ3v) is 4.99. The molecule has 0 fully saturated rings. The van der Waals surface area contributed by atoms with Crippen LogP contribution in [0.1, 0.15) is 51.8 Å². The number of hydrogen-bond donors (Lipinski definition) is 1. The van der Waals surface area contributed by atoms with Gasteiger partial charge in [-0.2, -0.15) is 0 Å². The summed E-state index contributed by atoms with van der Waals surface area (Å²) in [5.41, 5.74) is 2.23. The zero-order valence-corrected chi connectivity index (χ0v) is 16.5. The van der Waals surface area contributed by atoms with E-state index in [0.717, 1.165) is 63.0 Å². The van der Waals surface area contributed by atoms with Crippen molar-refractivity contribution >= 4 is 16.9 Å². The number of amides is 1. The quantitative estimate of drug-likeness (QED) is 0.584. The van der Waals surface area contributed by atoms with Gasteiger partial charge in [0.2, 0.25) is 5.91 Å². The molecule has 1 amide bonds. The molecule has 1 aromatic carbocycles. The first-order valence-corrected chi connectivity index (χ1v) is 9.92. The van der Waals surface area contributed by atoms with Crippen molar-refractivity contribution in [3.05, 3.63) is 30.1 Å². The van der Waals surface area contributed by atoms with Crippen molar-refractivity contribution in [1.29, 1.82) is 0 Å². The third-order valence-electron chi connectivity index (χ3n) is 4.99. The van der Waals surface area contributed by atoms with E-state index in [0.29, 0.717) is 6.61 Å². The number of rotatable bonds is 12. The average Bonchev–Trinajstić information content (AvgIpc) is 3.01. The molecule has 0 atom stereocenters. The Hall–Kier alpha value is -1.88. The molecule has 144 valence electrons. The predicted octanol–water partition coefficient (Wildman–Crippen LogP) is 3.95. The van der Waals surface area contributed by atoms with E-state index in [9.17, 15) is 4.79 Å². The number of methoxy groups -OCH3 is 1. The second-order valence-electron chi connectivity index (χ2n) is 6.78. The largest absolute Gasteiger partial charge is 0.383 e. The number of aromatic nitrogens is 2. The van der Waals surface area contributed by atoms with Crippen LogP contribution in [0.5, 0.6) is 0 Å². The molecule has 26 heavy (non-hydrogen) atoms. The van der Waals surface area contributed by atoms with Crippen LogP contribution in [-0.4, -0.2) is 35.7 Å². The number of unbranched alkanes of at least 4 members (excludes halogenated alkanes) is 2. The lowest BCUT2D eigenvalue weighted by molar-refractivity contribution is -0.125. The molecule has 5 nitrogen and oxygen atoms in total. The van der Waals surface area contributed by atoms with E-state index in [1.54, 1.807) is 7.11 Å². The Morgan fingerprint density at radius 2 is 1.96 bits per heavy atom. The number of nitrogens with zero attached hydrogens (tertiary/aromatic N) is 2. The summed E-state index contributed by atoms with van der Waals surface area (Å²) < 4.78 is 7.52. The number of ether oxygens (including phenoxy) is 1. The molecule has 1 N–H and O–H groups in total. The van der Waals surface area contributed by atoms with Crippen molar-refractivity contribution in [2.24, 2.45) is 5.92 Å². The molecular weight excluding hydrogens is 326 g/mol. The molecule has 0 aliphatic rings. The van der Waals surface area contributed by atoms with Gasteiger partial charge in [-0.3, -0.25) is 4.79 Å². The highest BCUT2D eigenvalue weighted by Gasteiger charge is 2.13. The Balaban J connectivity index is 1.79. The number of nitrogens with one attached hydrogen (secondary N) is 1. The molecule has 0 saturated heterocycles. The summed E-state index contributed by atoms with van der Waals surface area (Å²) >= 11 is 0. The Morgan fingerprint density at radius 1 is 1.19 bits per heavy atom. The van der Waals surface area contributed by atoms with Gasteiger partial charge in [0, 0.05) is 32.5 Å². The van der Waals surface area contributed by atoms with Crippen molar-refractivity contribution in [1.82, 2.24) is 14.9 Å². The first-order chi connectivity index (χ1) is 12.7. The maximum Gasteiger partial charge on any atom is 0.223 e. The summed E-state index contributed by atoms with van der Waals surface area (Å²) in [5.74, 6) is 1.50. The molecule has 2 aromatic rings. The first kappa shape index (κ1) is 20.4. The maximum absolute atomic E-state index is 12.0. The van der Waals surface area contributed by atoms with Crippen LogP contribution in [0.2, 0.25) is 0 Å². The van der Waals surface area contributed by atoms with E-state index in [1.165, 1.54) is 5.52 Å². The minimum atomic E-state index is 0.163. The SMILES string of the molecule is CCC(CC)C(=O)NCCCCCc1nc2ccccc2n1CCOC. The molecule has 0 radical (unpaired) electrons. The van der Waals surface area contributed by atoms with Crippen molar-refractivity contribution in [2.75, 3.05) is 20.3 Å².